The number of aryl methyl sites for hydroxylation is 1. The van der Waals surface area contributed by atoms with Crippen molar-refractivity contribution in [3.8, 4) is 5.75 Å². The molecule has 0 aliphatic carbocycles. The maximum Gasteiger partial charge on any atom is 0.277 e. The van der Waals surface area contributed by atoms with Gasteiger partial charge in [0.2, 0.25) is 0 Å². The molecule has 0 saturated heterocycles. The summed E-state index contributed by atoms with van der Waals surface area (Å²) in [5.74, 6) is 0.448. The van der Waals surface area contributed by atoms with Crippen molar-refractivity contribution in [2.75, 3.05) is 6.61 Å². The zero-order valence-corrected chi connectivity index (χ0v) is 15.4. The molecule has 0 radical (unpaired) electrons. The second-order valence-electron chi connectivity index (χ2n) is 6.86. The number of rotatable bonds is 7. The molecule has 1 N–H and O–H groups in total. The number of nitrogens with zero attached hydrogens (tertiary/aromatic N) is 1. The molecule has 4 heteroatoms. The number of carbonyl (C=O) groups is 1. The van der Waals surface area contributed by atoms with Crippen molar-refractivity contribution in [3.63, 3.8) is 0 Å². The lowest BCUT2D eigenvalue weighted by Crippen LogP contribution is -2.27. The normalized spacial score (nSPS) is 11.9. The molecule has 0 atom stereocenters. The minimum atomic E-state index is -0.264. The Balaban J connectivity index is 1.86. The average molecular weight is 338 g/mol. The van der Waals surface area contributed by atoms with Crippen LogP contribution in [0.3, 0.4) is 0 Å². The van der Waals surface area contributed by atoms with E-state index in [1.54, 1.807) is 0 Å². The highest BCUT2D eigenvalue weighted by molar-refractivity contribution is 5.85. The van der Waals surface area contributed by atoms with Gasteiger partial charge in [0.05, 0.1) is 0 Å². The predicted octanol–water partition coefficient (Wildman–Crippen LogP) is 4.23. The predicted molar refractivity (Wildman–Crippen MR) is 102 cm³/mol. The summed E-state index contributed by atoms with van der Waals surface area (Å²) in [6.07, 6.45) is 0.760. The first-order chi connectivity index (χ1) is 11.9. The number of nitrogens with one attached hydrogen (secondary N) is 1. The highest BCUT2D eigenvalue weighted by Crippen LogP contribution is 2.27. The Labute approximate surface area is 149 Å². The summed E-state index contributed by atoms with van der Waals surface area (Å²) in [7, 11) is 0. The van der Waals surface area contributed by atoms with Gasteiger partial charge in [0, 0.05) is 5.71 Å². The summed E-state index contributed by atoms with van der Waals surface area (Å²) in [5.41, 5.74) is 5.65. The maximum absolute atomic E-state index is 11.9. The second kappa shape index (κ2) is 8.47. The van der Waals surface area contributed by atoms with Gasteiger partial charge in [-0.25, -0.2) is 5.43 Å². The molecule has 0 bridgehead atoms. The Morgan fingerprint density at radius 3 is 2.40 bits per heavy atom. The van der Waals surface area contributed by atoms with Crippen LogP contribution in [0.15, 0.2) is 59.7 Å². The number of hydrazone groups is 1. The summed E-state index contributed by atoms with van der Waals surface area (Å²) < 4.78 is 5.52. The molecule has 0 unspecified atom stereocenters. The molecule has 132 valence electrons. The van der Waals surface area contributed by atoms with Gasteiger partial charge in [0.25, 0.3) is 5.91 Å². The Bertz CT molecular complexity index is 737. The number of carbonyl (C=O) groups excluding carboxylic acids is 1. The lowest BCUT2D eigenvalue weighted by atomic mass is 9.80. The summed E-state index contributed by atoms with van der Waals surface area (Å²) in [6, 6.07) is 17.9. The van der Waals surface area contributed by atoms with Crippen LogP contribution < -0.4 is 10.2 Å². The molecular formula is C21H26N2O2. The zero-order valence-electron chi connectivity index (χ0n) is 15.4. The van der Waals surface area contributed by atoms with E-state index in [0.717, 1.165) is 17.7 Å². The highest BCUT2D eigenvalue weighted by atomic mass is 16.5. The van der Waals surface area contributed by atoms with Crippen LogP contribution in [-0.2, 0) is 10.2 Å². The van der Waals surface area contributed by atoms with Gasteiger partial charge in [0.15, 0.2) is 6.61 Å². The van der Waals surface area contributed by atoms with Gasteiger partial charge >= 0.3 is 0 Å². The van der Waals surface area contributed by atoms with Crippen LogP contribution >= 0.6 is 0 Å². The van der Waals surface area contributed by atoms with Crippen LogP contribution in [0.25, 0.3) is 0 Å². The highest BCUT2D eigenvalue weighted by Gasteiger charge is 2.21. The number of benzene rings is 2. The second-order valence-corrected chi connectivity index (χ2v) is 6.86. The number of para-hydroxylation sites is 1. The smallest absolute Gasteiger partial charge is 0.277 e. The van der Waals surface area contributed by atoms with Crippen LogP contribution in [0.2, 0.25) is 0 Å². The SMILES string of the molecule is C/C(CC(C)(C)c1ccccc1)=N/NC(=O)COc1ccccc1C. The van der Waals surface area contributed by atoms with E-state index >= 15 is 0 Å². The van der Waals surface area contributed by atoms with Crippen molar-refractivity contribution in [2.45, 2.75) is 39.5 Å². The average Bonchev–Trinajstić information content (AvgIpc) is 2.59. The molecule has 1 amide bonds. The summed E-state index contributed by atoms with van der Waals surface area (Å²) in [4.78, 5) is 11.9. The molecule has 25 heavy (non-hydrogen) atoms. The molecule has 2 aromatic carbocycles. The Morgan fingerprint density at radius 2 is 1.72 bits per heavy atom. The van der Waals surface area contributed by atoms with Gasteiger partial charge in [-0.05, 0) is 42.9 Å². The van der Waals surface area contributed by atoms with Gasteiger partial charge in [-0.3, -0.25) is 4.79 Å². The fraction of sp³-hybridized carbons (Fsp3) is 0.333. The third-order valence-corrected chi connectivity index (χ3v) is 4.08. The first kappa shape index (κ1) is 18.7. The van der Waals surface area contributed by atoms with Crippen LogP contribution in [0.5, 0.6) is 5.75 Å². The van der Waals surface area contributed by atoms with Gasteiger partial charge in [-0.15, -0.1) is 0 Å². The fourth-order valence-electron chi connectivity index (χ4n) is 2.72. The van der Waals surface area contributed by atoms with E-state index in [9.17, 15) is 4.79 Å². The molecule has 2 rings (SSSR count). The molecule has 2 aromatic rings. The minimum Gasteiger partial charge on any atom is -0.483 e. The van der Waals surface area contributed by atoms with Gasteiger partial charge < -0.3 is 4.74 Å². The molecule has 0 heterocycles. The quantitative estimate of drug-likeness (QED) is 0.606. The van der Waals surface area contributed by atoms with E-state index in [1.807, 2.05) is 56.3 Å². The molecule has 0 aliphatic rings. The molecule has 0 saturated carbocycles. The first-order valence-electron chi connectivity index (χ1n) is 8.44. The van der Waals surface area contributed by atoms with E-state index < -0.39 is 0 Å². The zero-order chi connectivity index (χ0) is 18.3. The Morgan fingerprint density at radius 1 is 1.08 bits per heavy atom. The largest absolute Gasteiger partial charge is 0.483 e. The summed E-state index contributed by atoms with van der Waals surface area (Å²) >= 11 is 0. The van der Waals surface area contributed by atoms with E-state index in [-0.39, 0.29) is 17.9 Å². The van der Waals surface area contributed by atoms with E-state index in [0.29, 0.717) is 5.75 Å². The van der Waals surface area contributed by atoms with Crippen LogP contribution in [0.1, 0.15) is 38.3 Å². The van der Waals surface area contributed by atoms with Crippen molar-refractivity contribution in [1.82, 2.24) is 5.43 Å². The van der Waals surface area contributed by atoms with Gasteiger partial charge in [-0.1, -0.05) is 62.4 Å². The van der Waals surface area contributed by atoms with Crippen molar-refractivity contribution < 1.29 is 9.53 Å². The minimum absolute atomic E-state index is 0.0444. The number of hydrogen-bond acceptors (Lipinski definition) is 3. The van der Waals surface area contributed by atoms with Crippen LogP contribution in [-0.4, -0.2) is 18.2 Å². The molecule has 0 aliphatic heterocycles. The topological polar surface area (TPSA) is 50.7 Å². The van der Waals surface area contributed by atoms with E-state index in [1.165, 1.54) is 5.56 Å². The van der Waals surface area contributed by atoms with Crippen LogP contribution in [0.4, 0.5) is 0 Å². The van der Waals surface area contributed by atoms with E-state index in [2.05, 4.69) is 36.5 Å². The molecular weight excluding hydrogens is 312 g/mol. The monoisotopic (exact) mass is 338 g/mol. The van der Waals surface area contributed by atoms with Gasteiger partial charge in [-0.2, -0.15) is 5.10 Å². The van der Waals surface area contributed by atoms with Crippen molar-refractivity contribution in [2.24, 2.45) is 5.10 Å². The third-order valence-electron chi connectivity index (χ3n) is 4.08. The number of amides is 1. The number of hydrogen-bond donors (Lipinski definition) is 1. The van der Waals surface area contributed by atoms with Crippen LogP contribution in [0, 0.1) is 6.92 Å². The van der Waals surface area contributed by atoms with Crippen molar-refractivity contribution in [1.29, 1.82) is 0 Å². The fourth-order valence-corrected chi connectivity index (χ4v) is 2.72. The first-order valence-corrected chi connectivity index (χ1v) is 8.44. The van der Waals surface area contributed by atoms with Gasteiger partial charge in [0.1, 0.15) is 5.75 Å². The number of ether oxygens (including phenoxy) is 1. The summed E-state index contributed by atoms with van der Waals surface area (Å²) in [5, 5.41) is 4.21. The van der Waals surface area contributed by atoms with Crippen molar-refractivity contribution in [3.05, 3.63) is 65.7 Å². The molecule has 4 nitrogen and oxygen atoms in total. The lowest BCUT2D eigenvalue weighted by Gasteiger charge is -2.25. The lowest BCUT2D eigenvalue weighted by molar-refractivity contribution is -0.123. The molecule has 0 aromatic heterocycles. The Kier molecular flexibility index (Phi) is 6.34. The maximum atomic E-state index is 11.9. The van der Waals surface area contributed by atoms with Crippen molar-refractivity contribution >= 4 is 11.6 Å². The van der Waals surface area contributed by atoms with E-state index in [4.69, 9.17) is 4.74 Å². The molecule has 0 fully saturated rings. The summed E-state index contributed by atoms with van der Waals surface area (Å²) in [6.45, 7) is 8.16. The third kappa shape index (κ3) is 5.75. The molecule has 0 spiro atoms. The Hall–Kier alpha value is -2.62. The standard InChI is InChI=1S/C21H26N2O2/c1-16-10-8-9-13-19(16)25-15-20(24)23-22-17(2)14-21(3,4)18-11-6-5-7-12-18/h5-13H,14-15H2,1-4H3,(H,23,24)/b22-17-.